The van der Waals surface area contributed by atoms with Crippen LogP contribution >= 0.6 is 11.3 Å². The topological polar surface area (TPSA) is 60.9 Å². The van der Waals surface area contributed by atoms with Crippen LogP contribution < -0.4 is 11.3 Å². The minimum atomic E-state index is 0.00722. The molecular formula is C13H17N3OS. The summed E-state index contributed by atoms with van der Waals surface area (Å²) in [6.45, 7) is 7.89. The fraction of sp³-hybridized carbons (Fsp3) is 0.385. The highest BCUT2D eigenvalue weighted by atomic mass is 32.1. The second-order valence-electron chi connectivity index (χ2n) is 4.68. The third-order valence-corrected chi connectivity index (χ3v) is 3.60. The fourth-order valence-electron chi connectivity index (χ4n) is 2.26. The maximum absolute atomic E-state index is 12.5. The highest BCUT2D eigenvalue weighted by molar-refractivity contribution is 7.13. The van der Waals surface area contributed by atoms with Gasteiger partial charge in [0, 0.05) is 17.1 Å². The van der Waals surface area contributed by atoms with Gasteiger partial charge in [-0.25, -0.2) is 4.98 Å². The zero-order chi connectivity index (χ0) is 13.4. The van der Waals surface area contributed by atoms with Crippen LogP contribution in [0.3, 0.4) is 0 Å². The van der Waals surface area contributed by atoms with Crippen molar-refractivity contribution in [1.82, 2.24) is 9.55 Å². The van der Waals surface area contributed by atoms with E-state index in [0.29, 0.717) is 16.4 Å². The zero-order valence-electron chi connectivity index (χ0n) is 11.0. The lowest BCUT2D eigenvalue weighted by atomic mass is 10.1. The molecule has 0 spiro atoms. The van der Waals surface area contributed by atoms with Crippen molar-refractivity contribution in [3.05, 3.63) is 33.1 Å². The first-order valence-electron chi connectivity index (χ1n) is 5.86. The predicted octanol–water partition coefficient (Wildman–Crippen LogP) is 2.75. The van der Waals surface area contributed by atoms with E-state index in [4.69, 9.17) is 5.73 Å². The number of hydrogen-bond acceptors (Lipinski definition) is 4. The van der Waals surface area contributed by atoms with E-state index >= 15 is 0 Å². The molecule has 2 aromatic rings. The molecule has 2 rings (SSSR count). The quantitative estimate of drug-likeness (QED) is 0.906. The van der Waals surface area contributed by atoms with Gasteiger partial charge in [0.25, 0.3) is 5.56 Å². The van der Waals surface area contributed by atoms with Gasteiger partial charge in [-0.05, 0) is 39.3 Å². The largest absolute Gasteiger partial charge is 0.375 e. The Kier molecular flexibility index (Phi) is 3.26. The molecule has 2 heterocycles. The molecule has 0 fully saturated rings. The molecule has 0 aliphatic heterocycles. The molecule has 0 amide bonds. The van der Waals surface area contributed by atoms with Crippen LogP contribution in [0.25, 0.3) is 11.3 Å². The third kappa shape index (κ3) is 2.06. The van der Waals surface area contributed by atoms with E-state index in [9.17, 15) is 4.79 Å². The summed E-state index contributed by atoms with van der Waals surface area (Å²) in [6, 6.07) is 2.15. The Morgan fingerprint density at radius 3 is 2.56 bits per heavy atom. The lowest BCUT2D eigenvalue weighted by Crippen LogP contribution is -2.26. The van der Waals surface area contributed by atoms with Crippen molar-refractivity contribution in [2.45, 2.75) is 33.7 Å². The molecule has 4 nitrogen and oxygen atoms in total. The number of aromatic nitrogens is 2. The number of thiazole rings is 1. The van der Waals surface area contributed by atoms with Gasteiger partial charge in [0.05, 0.1) is 11.3 Å². The van der Waals surface area contributed by atoms with Crippen molar-refractivity contribution in [2.75, 3.05) is 5.73 Å². The van der Waals surface area contributed by atoms with Crippen LogP contribution in [0.15, 0.2) is 16.2 Å². The number of pyridine rings is 1. The van der Waals surface area contributed by atoms with Crippen molar-refractivity contribution in [3.8, 4) is 11.3 Å². The van der Waals surface area contributed by atoms with E-state index in [1.807, 2.05) is 39.1 Å². The number of hydrogen-bond donors (Lipinski definition) is 1. The predicted molar refractivity (Wildman–Crippen MR) is 76.1 cm³/mol. The Hall–Kier alpha value is -1.62. The SMILES string of the molecule is Cc1cc(C)n(C(C)C)c(=O)c1-c1csc(N)n1. The number of nitrogen functional groups attached to an aromatic ring is 1. The van der Waals surface area contributed by atoms with Gasteiger partial charge in [0.1, 0.15) is 0 Å². The summed E-state index contributed by atoms with van der Waals surface area (Å²) >= 11 is 1.35. The summed E-state index contributed by atoms with van der Waals surface area (Å²) < 4.78 is 1.79. The van der Waals surface area contributed by atoms with Crippen molar-refractivity contribution < 1.29 is 0 Å². The summed E-state index contributed by atoms with van der Waals surface area (Å²) in [6.07, 6.45) is 0. The van der Waals surface area contributed by atoms with E-state index in [1.165, 1.54) is 11.3 Å². The summed E-state index contributed by atoms with van der Waals surface area (Å²) in [5.74, 6) is 0. The minimum absolute atomic E-state index is 0.00722. The molecule has 0 aliphatic carbocycles. The van der Waals surface area contributed by atoms with Gasteiger partial charge < -0.3 is 10.3 Å². The number of rotatable bonds is 2. The average molecular weight is 263 g/mol. The van der Waals surface area contributed by atoms with Crippen LogP contribution in [-0.4, -0.2) is 9.55 Å². The van der Waals surface area contributed by atoms with Crippen LogP contribution in [0.5, 0.6) is 0 Å². The van der Waals surface area contributed by atoms with Crippen molar-refractivity contribution in [2.24, 2.45) is 0 Å². The van der Waals surface area contributed by atoms with E-state index in [2.05, 4.69) is 4.98 Å². The zero-order valence-corrected chi connectivity index (χ0v) is 11.8. The van der Waals surface area contributed by atoms with Crippen LogP contribution in [0.2, 0.25) is 0 Å². The molecule has 18 heavy (non-hydrogen) atoms. The van der Waals surface area contributed by atoms with Crippen molar-refractivity contribution in [3.63, 3.8) is 0 Å². The number of anilines is 1. The van der Waals surface area contributed by atoms with Gasteiger partial charge in [-0.15, -0.1) is 11.3 Å². The maximum atomic E-state index is 12.5. The molecule has 5 heteroatoms. The van der Waals surface area contributed by atoms with Gasteiger partial charge in [0.2, 0.25) is 0 Å². The van der Waals surface area contributed by atoms with Gasteiger partial charge >= 0.3 is 0 Å². The Bertz CT molecular complexity index is 640. The van der Waals surface area contributed by atoms with Crippen LogP contribution in [0, 0.1) is 13.8 Å². The first kappa shape index (κ1) is 12.8. The summed E-state index contributed by atoms with van der Waals surface area (Å²) in [4.78, 5) is 16.8. The molecule has 2 N–H and O–H groups in total. The molecule has 0 unspecified atom stereocenters. The Morgan fingerprint density at radius 1 is 1.39 bits per heavy atom. The van der Waals surface area contributed by atoms with Crippen LogP contribution in [0.1, 0.15) is 31.1 Å². The minimum Gasteiger partial charge on any atom is -0.375 e. The van der Waals surface area contributed by atoms with E-state index in [0.717, 1.165) is 11.3 Å². The van der Waals surface area contributed by atoms with E-state index < -0.39 is 0 Å². The second-order valence-corrected chi connectivity index (χ2v) is 5.57. The standard InChI is InChI=1S/C13H17N3OS/c1-7(2)16-9(4)5-8(3)11(12(16)17)10-6-18-13(14)15-10/h5-7H,1-4H3,(H2,14,15). The molecule has 2 aromatic heterocycles. The molecular weight excluding hydrogens is 246 g/mol. The highest BCUT2D eigenvalue weighted by Gasteiger charge is 2.16. The summed E-state index contributed by atoms with van der Waals surface area (Å²) in [5.41, 5.74) is 8.90. The second kappa shape index (κ2) is 4.57. The van der Waals surface area contributed by atoms with E-state index in [-0.39, 0.29) is 11.6 Å². The average Bonchev–Trinajstić information content (AvgIpc) is 2.63. The first-order chi connectivity index (χ1) is 8.41. The Balaban J connectivity index is 2.76. The Labute approximate surface area is 110 Å². The summed E-state index contributed by atoms with van der Waals surface area (Å²) in [5, 5.41) is 2.32. The molecule has 0 bridgehead atoms. The van der Waals surface area contributed by atoms with Crippen molar-refractivity contribution in [1.29, 1.82) is 0 Å². The van der Waals surface area contributed by atoms with Crippen molar-refractivity contribution >= 4 is 16.5 Å². The summed E-state index contributed by atoms with van der Waals surface area (Å²) in [7, 11) is 0. The van der Waals surface area contributed by atoms with Gasteiger partial charge in [-0.2, -0.15) is 0 Å². The van der Waals surface area contributed by atoms with Crippen LogP contribution in [0.4, 0.5) is 5.13 Å². The molecule has 0 atom stereocenters. The molecule has 0 saturated heterocycles. The fourth-order valence-corrected chi connectivity index (χ4v) is 2.81. The highest BCUT2D eigenvalue weighted by Crippen LogP contribution is 2.24. The van der Waals surface area contributed by atoms with E-state index in [1.54, 1.807) is 4.57 Å². The molecule has 0 aromatic carbocycles. The maximum Gasteiger partial charge on any atom is 0.260 e. The monoisotopic (exact) mass is 263 g/mol. The molecule has 0 radical (unpaired) electrons. The van der Waals surface area contributed by atoms with Gasteiger partial charge in [-0.3, -0.25) is 4.79 Å². The third-order valence-electron chi connectivity index (χ3n) is 2.93. The molecule has 0 aliphatic rings. The number of nitrogens with zero attached hydrogens (tertiary/aromatic N) is 2. The lowest BCUT2D eigenvalue weighted by molar-refractivity contribution is 0.563. The number of aryl methyl sites for hydroxylation is 2. The molecule has 96 valence electrons. The lowest BCUT2D eigenvalue weighted by Gasteiger charge is -2.16. The normalized spacial score (nSPS) is 11.2. The van der Waals surface area contributed by atoms with Gasteiger partial charge in [0.15, 0.2) is 5.13 Å². The first-order valence-corrected chi connectivity index (χ1v) is 6.74. The Morgan fingerprint density at radius 2 is 2.06 bits per heavy atom. The molecule has 0 saturated carbocycles. The van der Waals surface area contributed by atoms with Gasteiger partial charge in [-0.1, -0.05) is 0 Å². The smallest absolute Gasteiger partial charge is 0.260 e. The van der Waals surface area contributed by atoms with Crippen LogP contribution in [-0.2, 0) is 0 Å². The number of nitrogens with two attached hydrogens (primary N) is 1.